The fourth-order valence-corrected chi connectivity index (χ4v) is 2.81. The molecule has 3 N–H and O–H groups in total. The Morgan fingerprint density at radius 1 is 1.55 bits per heavy atom. The van der Waals surface area contributed by atoms with Gasteiger partial charge in [0.25, 0.3) is 5.69 Å². The van der Waals surface area contributed by atoms with Gasteiger partial charge in [-0.15, -0.1) is 0 Å². The van der Waals surface area contributed by atoms with E-state index in [1.807, 2.05) is 6.07 Å². The van der Waals surface area contributed by atoms with Crippen molar-refractivity contribution < 1.29 is 13.3 Å². The van der Waals surface area contributed by atoms with E-state index < -0.39 is 25.5 Å². The van der Waals surface area contributed by atoms with Gasteiger partial charge < -0.3 is 5.43 Å². The normalized spacial score (nSPS) is 11.1. The fourth-order valence-electron chi connectivity index (χ4n) is 1.46. The van der Waals surface area contributed by atoms with Crippen LogP contribution in [0, 0.1) is 21.4 Å². The zero-order chi connectivity index (χ0) is 15.3. The molecule has 10 heteroatoms. The minimum atomic E-state index is -4.07. The maximum atomic E-state index is 12.3. The largest absolute Gasteiger partial charge is 0.324 e. The summed E-state index contributed by atoms with van der Waals surface area (Å²) >= 11 is 0. The van der Waals surface area contributed by atoms with Gasteiger partial charge in [0.15, 0.2) is 4.90 Å². The molecule has 0 heterocycles. The molecule has 1 aromatic rings. The molecule has 0 fully saturated rings. The number of hydrogen-bond donors (Lipinski definition) is 2. The predicted octanol–water partition coefficient (Wildman–Crippen LogP) is 0.415. The summed E-state index contributed by atoms with van der Waals surface area (Å²) in [6.07, 6.45) is -0.0155. The molecule has 0 aliphatic heterocycles. The van der Waals surface area contributed by atoms with Crippen molar-refractivity contribution in [3.63, 3.8) is 0 Å². The van der Waals surface area contributed by atoms with Gasteiger partial charge in [0.1, 0.15) is 0 Å². The van der Waals surface area contributed by atoms with Crippen molar-refractivity contribution in [2.75, 3.05) is 19.0 Å². The van der Waals surface area contributed by atoms with Crippen molar-refractivity contribution in [2.24, 2.45) is 5.84 Å². The molecule has 0 aliphatic rings. The van der Waals surface area contributed by atoms with Gasteiger partial charge in [-0.25, -0.2) is 8.42 Å². The molecule has 0 aliphatic carbocycles. The van der Waals surface area contributed by atoms with Crippen LogP contribution >= 0.6 is 0 Å². The van der Waals surface area contributed by atoms with Crippen LogP contribution in [-0.4, -0.2) is 31.2 Å². The summed E-state index contributed by atoms with van der Waals surface area (Å²) < 4.78 is 25.4. The number of benzene rings is 1. The van der Waals surface area contributed by atoms with Gasteiger partial charge in [-0.2, -0.15) is 9.57 Å². The van der Waals surface area contributed by atoms with Gasteiger partial charge in [0.05, 0.1) is 16.7 Å². The monoisotopic (exact) mass is 299 g/mol. The summed E-state index contributed by atoms with van der Waals surface area (Å²) in [7, 11) is -2.83. The first-order chi connectivity index (χ1) is 9.34. The molecule has 108 valence electrons. The second-order valence-corrected chi connectivity index (χ2v) is 5.83. The van der Waals surface area contributed by atoms with E-state index >= 15 is 0 Å². The highest BCUT2D eigenvalue weighted by Gasteiger charge is 2.29. The van der Waals surface area contributed by atoms with Crippen LogP contribution in [-0.2, 0) is 10.0 Å². The Labute approximate surface area is 115 Å². The van der Waals surface area contributed by atoms with E-state index in [4.69, 9.17) is 11.1 Å². The number of nitrogens with one attached hydrogen (secondary N) is 1. The number of nitriles is 1. The highest BCUT2D eigenvalue weighted by molar-refractivity contribution is 7.89. The van der Waals surface area contributed by atoms with Crippen molar-refractivity contribution in [3.8, 4) is 6.07 Å². The lowest BCUT2D eigenvalue weighted by Gasteiger charge is -2.16. The molecule has 0 unspecified atom stereocenters. The van der Waals surface area contributed by atoms with Crippen LogP contribution in [0.1, 0.15) is 6.42 Å². The van der Waals surface area contributed by atoms with Gasteiger partial charge in [-0.05, 0) is 12.1 Å². The molecule has 0 saturated heterocycles. The van der Waals surface area contributed by atoms with Crippen LogP contribution in [0.15, 0.2) is 23.1 Å². The van der Waals surface area contributed by atoms with Gasteiger partial charge >= 0.3 is 0 Å². The summed E-state index contributed by atoms with van der Waals surface area (Å²) in [5.74, 6) is 5.17. The summed E-state index contributed by atoms with van der Waals surface area (Å²) in [5.41, 5.74) is 1.91. The molecule has 0 spiro atoms. The molecule has 0 saturated carbocycles. The van der Waals surface area contributed by atoms with Crippen molar-refractivity contribution in [1.82, 2.24) is 4.31 Å². The van der Waals surface area contributed by atoms with E-state index in [1.54, 1.807) is 0 Å². The van der Waals surface area contributed by atoms with Crippen LogP contribution in [0.4, 0.5) is 11.4 Å². The van der Waals surface area contributed by atoms with E-state index in [0.29, 0.717) is 0 Å². The van der Waals surface area contributed by atoms with Gasteiger partial charge in [0, 0.05) is 26.1 Å². The van der Waals surface area contributed by atoms with Crippen LogP contribution in [0.5, 0.6) is 0 Å². The number of rotatable bonds is 6. The van der Waals surface area contributed by atoms with Crippen LogP contribution in [0.3, 0.4) is 0 Å². The maximum absolute atomic E-state index is 12.3. The Morgan fingerprint density at radius 2 is 2.20 bits per heavy atom. The summed E-state index contributed by atoms with van der Waals surface area (Å²) in [5, 5.41) is 19.4. The highest BCUT2D eigenvalue weighted by Crippen LogP contribution is 2.28. The van der Waals surface area contributed by atoms with Gasteiger partial charge in [0.2, 0.25) is 10.0 Å². The molecule has 0 bridgehead atoms. The van der Waals surface area contributed by atoms with Gasteiger partial charge in [-0.3, -0.25) is 16.0 Å². The Hall–Kier alpha value is -2.22. The van der Waals surface area contributed by atoms with Crippen molar-refractivity contribution in [1.29, 1.82) is 5.26 Å². The quantitative estimate of drug-likeness (QED) is 0.440. The highest BCUT2D eigenvalue weighted by atomic mass is 32.2. The van der Waals surface area contributed by atoms with Crippen molar-refractivity contribution >= 4 is 21.4 Å². The lowest BCUT2D eigenvalue weighted by molar-refractivity contribution is -0.387. The van der Waals surface area contributed by atoms with Crippen LogP contribution in [0.2, 0.25) is 0 Å². The Balaban J connectivity index is 3.35. The minimum Gasteiger partial charge on any atom is -0.324 e. The SMILES string of the molecule is CN(CCC#N)S(=O)(=O)c1cc(NN)ccc1[N+](=O)[O-]. The molecule has 20 heavy (non-hydrogen) atoms. The van der Waals surface area contributed by atoms with E-state index in [-0.39, 0.29) is 18.7 Å². The first-order valence-corrected chi connectivity index (χ1v) is 6.87. The average molecular weight is 299 g/mol. The van der Waals surface area contributed by atoms with E-state index in [0.717, 1.165) is 16.4 Å². The molecule has 0 radical (unpaired) electrons. The van der Waals surface area contributed by atoms with E-state index in [1.165, 1.54) is 13.1 Å². The number of nitrogens with two attached hydrogens (primary N) is 1. The van der Waals surface area contributed by atoms with E-state index in [2.05, 4.69) is 5.43 Å². The number of hydrazine groups is 1. The zero-order valence-electron chi connectivity index (χ0n) is 10.6. The van der Waals surface area contributed by atoms with E-state index in [9.17, 15) is 18.5 Å². The minimum absolute atomic E-state index is 0.0155. The van der Waals surface area contributed by atoms with Crippen molar-refractivity contribution in [2.45, 2.75) is 11.3 Å². The molecule has 0 amide bonds. The number of nitro benzene ring substituents is 1. The molecular weight excluding hydrogens is 286 g/mol. The van der Waals surface area contributed by atoms with Crippen molar-refractivity contribution in [3.05, 3.63) is 28.3 Å². The molecule has 1 aromatic carbocycles. The molecular formula is C10H13N5O4S. The first-order valence-electron chi connectivity index (χ1n) is 5.43. The third-order valence-corrected chi connectivity index (χ3v) is 4.44. The molecule has 0 atom stereocenters. The first kappa shape index (κ1) is 15.8. The predicted molar refractivity (Wildman–Crippen MR) is 71.0 cm³/mol. The zero-order valence-corrected chi connectivity index (χ0v) is 11.4. The average Bonchev–Trinajstić information content (AvgIpc) is 2.43. The number of nitro groups is 1. The molecule has 0 aromatic heterocycles. The lowest BCUT2D eigenvalue weighted by atomic mass is 10.3. The molecule has 1 rings (SSSR count). The number of anilines is 1. The Kier molecular flexibility index (Phi) is 4.98. The Morgan fingerprint density at radius 3 is 2.70 bits per heavy atom. The van der Waals surface area contributed by atoms with Gasteiger partial charge in [-0.1, -0.05) is 0 Å². The second-order valence-electron chi connectivity index (χ2n) is 3.82. The number of nitrogens with zero attached hydrogens (tertiary/aromatic N) is 3. The third kappa shape index (κ3) is 3.21. The number of hydrogen-bond acceptors (Lipinski definition) is 7. The third-order valence-electron chi connectivity index (χ3n) is 2.55. The summed E-state index contributed by atoms with van der Waals surface area (Å²) in [4.78, 5) is 9.66. The smallest absolute Gasteiger partial charge is 0.289 e. The second kappa shape index (κ2) is 6.29. The number of nitrogen functional groups attached to an aromatic ring is 1. The summed E-state index contributed by atoms with van der Waals surface area (Å²) in [6.45, 7) is -0.0593. The lowest BCUT2D eigenvalue weighted by Crippen LogP contribution is -2.28. The Bertz CT molecular complexity index is 652. The maximum Gasteiger partial charge on any atom is 0.289 e. The topological polar surface area (TPSA) is 142 Å². The summed E-state index contributed by atoms with van der Waals surface area (Å²) in [6, 6.07) is 5.24. The standard InChI is InChI=1S/C10H13N5O4S/c1-14(6-2-5-11)20(18,19)10-7-8(13-12)3-4-9(10)15(16)17/h3-4,7,13H,2,6,12H2,1H3. The fraction of sp³-hybridized carbons (Fsp3) is 0.300. The van der Waals surface area contributed by atoms with Crippen LogP contribution in [0.25, 0.3) is 0 Å². The van der Waals surface area contributed by atoms with Crippen LogP contribution < -0.4 is 11.3 Å². The molecule has 9 nitrogen and oxygen atoms in total. The number of sulfonamides is 1.